The Balaban J connectivity index is 2.66. The molecule has 1 heterocycles. The third-order valence-corrected chi connectivity index (χ3v) is 7.15. The number of nitrogens with zero attached hydrogens (tertiary/aromatic N) is 1. The molecule has 228 valence electrons. The molecule has 0 aliphatic heterocycles. The van der Waals surface area contributed by atoms with E-state index in [1.807, 2.05) is 27.7 Å². The van der Waals surface area contributed by atoms with Gasteiger partial charge in [0.2, 0.25) is 5.88 Å². The van der Waals surface area contributed by atoms with Crippen LogP contribution in [0.25, 0.3) is 0 Å². The number of aromatic hydroxyl groups is 2. The third kappa shape index (κ3) is 12.5. The molecule has 11 heteroatoms. The summed E-state index contributed by atoms with van der Waals surface area (Å²) in [7, 11) is 1.66. The second-order valence-electron chi connectivity index (χ2n) is 11.3. The summed E-state index contributed by atoms with van der Waals surface area (Å²) in [5, 5.41) is 24.4. The van der Waals surface area contributed by atoms with E-state index in [-0.39, 0.29) is 61.9 Å². The van der Waals surface area contributed by atoms with Crippen molar-refractivity contribution < 1.29 is 43.6 Å². The van der Waals surface area contributed by atoms with E-state index in [0.29, 0.717) is 38.7 Å². The number of methoxy groups -OCH3 is 1. The highest BCUT2D eigenvalue weighted by Gasteiger charge is 2.31. The topological polar surface area (TPSA) is 153 Å². The SMILES string of the molecule is COC(C)(C)CCOC(C)(C)CCOC(=O)CCCn1c(O)cc(NC(CCC=O)(CCC=O)CCC=O)c1O. The van der Waals surface area contributed by atoms with Crippen LogP contribution >= 0.6 is 0 Å². The van der Waals surface area contributed by atoms with E-state index >= 15 is 0 Å². The summed E-state index contributed by atoms with van der Waals surface area (Å²) in [6.45, 7) is 8.75. The maximum absolute atomic E-state index is 12.3. The Bertz CT molecular complexity index is 909. The van der Waals surface area contributed by atoms with Gasteiger partial charge in [-0.15, -0.1) is 0 Å². The van der Waals surface area contributed by atoms with E-state index in [0.717, 1.165) is 25.3 Å². The molecule has 1 aromatic rings. The van der Waals surface area contributed by atoms with Gasteiger partial charge in [-0.3, -0.25) is 9.36 Å². The van der Waals surface area contributed by atoms with Gasteiger partial charge < -0.3 is 44.1 Å². The number of esters is 1. The monoisotopic (exact) mass is 568 g/mol. The summed E-state index contributed by atoms with van der Waals surface area (Å²) in [6.07, 6.45) is 5.61. The smallest absolute Gasteiger partial charge is 0.305 e. The molecule has 0 saturated heterocycles. The van der Waals surface area contributed by atoms with Gasteiger partial charge >= 0.3 is 5.97 Å². The van der Waals surface area contributed by atoms with Crippen LogP contribution in [0.2, 0.25) is 0 Å². The summed E-state index contributed by atoms with van der Waals surface area (Å²) >= 11 is 0. The fourth-order valence-corrected chi connectivity index (χ4v) is 4.30. The number of aldehydes is 3. The fourth-order valence-electron chi connectivity index (χ4n) is 4.30. The zero-order valence-electron chi connectivity index (χ0n) is 24.7. The molecule has 0 amide bonds. The van der Waals surface area contributed by atoms with Crippen LogP contribution in [0, 0.1) is 0 Å². The van der Waals surface area contributed by atoms with Gasteiger partial charge in [0, 0.05) is 57.4 Å². The van der Waals surface area contributed by atoms with Crippen molar-refractivity contribution in [1.29, 1.82) is 0 Å². The van der Waals surface area contributed by atoms with E-state index in [2.05, 4.69) is 5.32 Å². The lowest BCUT2D eigenvalue weighted by Gasteiger charge is -2.34. The van der Waals surface area contributed by atoms with Gasteiger partial charge in [0.25, 0.3) is 0 Å². The first-order valence-electron chi connectivity index (χ1n) is 13.9. The minimum atomic E-state index is -0.792. The predicted molar refractivity (Wildman–Crippen MR) is 151 cm³/mol. The van der Waals surface area contributed by atoms with Gasteiger partial charge in [0.05, 0.1) is 24.4 Å². The molecule has 1 rings (SSSR count). The second-order valence-corrected chi connectivity index (χ2v) is 11.3. The Morgan fingerprint density at radius 1 is 0.900 bits per heavy atom. The minimum absolute atomic E-state index is 0.0884. The second kappa shape index (κ2) is 17.0. The maximum Gasteiger partial charge on any atom is 0.305 e. The number of rotatable bonds is 23. The minimum Gasteiger partial charge on any atom is -0.494 e. The molecule has 0 saturated carbocycles. The lowest BCUT2D eigenvalue weighted by Crippen LogP contribution is -2.38. The first-order chi connectivity index (χ1) is 18.8. The number of aromatic nitrogens is 1. The van der Waals surface area contributed by atoms with Crippen LogP contribution in [-0.4, -0.2) is 76.7 Å². The van der Waals surface area contributed by atoms with Crippen LogP contribution in [-0.2, 0) is 39.9 Å². The summed E-state index contributed by atoms with van der Waals surface area (Å²) in [6, 6.07) is 1.35. The standard InChI is InChI=1S/C29H48N2O9/c1-27(2,38-5)15-21-40-28(3,4)14-20-39-25(36)10-6-16-31-24(35)22-23(26(31)37)30-29(11-7-17-32,12-8-18-33)13-9-19-34/h17-19,22,30,35,37H,6-16,20-21H2,1-5H3. The highest BCUT2D eigenvalue weighted by atomic mass is 16.5. The van der Waals surface area contributed by atoms with Crippen LogP contribution in [0.4, 0.5) is 5.69 Å². The first kappa shape index (κ1) is 35.1. The molecule has 0 unspecified atom stereocenters. The van der Waals surface area contributed by atoms with Crippen molar-refractivity contribution in [2.24, 2.45) is 0 Å². The van der Waals surface area contributed by atoms with Gasteiger partial charge in [0.1, 0.15) is 24.5 Å². The first-order valence-corrected chi connectivity index (χ1v) is 13.9. The predicted octanol–water partition coefficient (Wildman–Crippen LogP) is 4.31. The summed E-state index contributed by atoms with van der Waals surface area (Å²) < 4.78 is 17.9. The molecule has 0 atom stereocenters. The number of nitrogens with one attached hydrogen (secondary N) is 1. The van der Waals surface area contributed by atoms with Crippen LogP contribution < -0.4 is 5.32 Å². The van der Waals surface area contributed by atoms with Gasteiger partial charge in [0.15, 0.2) is 5.88 Å². The number of anilines is 1. The van der Waals surface area contributed by atoms with E-state index in [1.165, 1.54) is 10.6 Å². The quantitative estimate of drug-likeness (QED) is 0.129. The summed E-state index contributed by atoms with van der Waals surface area (Å²) in [5.41, 5.74) is -1.30. The molecule has 0 spiro atoms. The maximum atomic E-state index is 12.3. The van der Waals surface area contributed by atoms with Crippen molar-refractivity contribution in [2.75, 3.05) is 25.6 Å². The zero-order chi connectivity index (χ0) is 30.2. The Labute approximate surface area is 237 Å². The Morgan fingerprint density at radius 2 is 1.45 bits per heavy atom. The van der Waals surface area contributed by atoms with Crippen molar-refractivity contribution in [1.82, 2.24) is 4.57 Å². The molecule has 1 aromatic heterocycles. The highest BCUT2D eigenvalue weighted by Crippen LogP contribution is 2.38. The zero-order valence-corrected chi connectivity index (χ0v) is 24.7. The van der Waals surface area contributed by atoms with Crippen LogP contribution in [0.1, 0.15) is 91.9 Å². The molecular weight excluding hydrogens is 520 g/mol. The lowest BCUT2D eigenvalue weighted by molar-refractivity contribution is -0.146. The number of carbonyl (C=O) groups is 4. The van der Waals surface area contributed by atoms with Gasteiger partial charge in [-0.2, -0.15) is 0 Å². The molecule has 3 N–H and O–H groups in total. The molecule has 0 bridgehead atoms. The average molecular weight is 569 g/mol. The Kier molecular flexibility index (Phi) is 14.9. The highest BCUT2D eigenvalue weighted by molar-refractivity contribution is 5.69. The van der Waals surface area contributed by atoms with Crippen molar-refractivity contribution in [3.8, 4) is 11.8 Å². The molecule has 0 aliphatic rings. The van der Waals surface area contributed by atoms with Crippen LogP contribution in [0.3, 0.4) is 0 Å². The number of hydrogen-bond donors (Lipinski definition) is 3. The van der Waals surface area contributed by atoms with E-state index in [9.17, 15) is 29.4 Å². The van der Waals surface area contributed by atoms with Gasteiger partial charge in [-0.25, -0.2) is 0 Å². The number of hydrogen-bond acceptors (Lipinski definition) is 10. The van der Waals surface area contributed by atoms with Crippen molar-refractivity contribution in [2.45, 2.75) is 115 Å². The molecule has 0 radical (unpaired) electrons. The van der Waals surface area contributed by atoms with Crippen molar-refractivity contribution in [3.63, 3.8) is 0 Å². The summed E-state index contributed by atoms with van der Waals surface area (Å²) in [4.78, 5) is 45.4. The molecule has 0 aromatic carbocycles. The Morgan fingerprint density at radius 3 is 1.98 bits per heavy atom. The Hall–Kier alpha value is -2.92. The summed E-state index contributed by atoms with van der Waals surface area (Å²) in [5.74, 6) is -0.843. The molecule has 11 nitrogen and oxygen atoms in total. The third-order valence-electron chi connectivity index (χ3n) is 7.15. The molecular formula is C29H48N2O9. The molecule has 40 heavy (non-hydrogen) atoms. The van der Waals surface area contributed by atoms with E-state index < -0.39 is 17.1 Å². The van der Waals surface area contributed by atoms with E-state index in [1.54, 1.807) is 7.11 Å². The fraction of sp³-hybridized carbons (Fsp3) is 0.724. The number of carbonyl (C=O) groups excluding carboxylic acids is 4. The van der Waals surface area contributed by atoms with Crippen LogP contribution in [0.15, 0.2) is 6.07 Å². The van der Waals surface area contributed by atoms with E-state index in [4.69, 9.17) is 14.2 Å². The van der Waals surface area contributed by atoms with Crippen molar-refractivity contribution in [3.05, 3.63) is 6.07 Å². The van der Waals surface area contributed by atoms with Gasteiger partial charge in [-0.05, 0) is 59.8 Å². The van der Waals surface area contributed by atoms with Gasteiger partial charge in [-0.1, -0.05) is 0 Å². The molecule has 0 fully saturated rings. The average Bonchev–Trinajstić information content (AvgIpc) is 3.16. The normalized spacial score (nSPS) is 12.2. The molecule has 0 aliphatic carbocycles. The lowest BCUT2D eigenvalue weighted by atomic mass is 9.84. The van der Waals surface area contributed by atoms with Crippen LogP contribution in [0.5, 0.6) is 11.8 Å². The largest absolute Gasteiger partial charge is 0.494 e. The number of ether oxygens (including phenoxy) is 3. The van der Waals surface area contributed by atoms with Crippen molar-refractivity contribution >= 4 is 30.5 Å².